The smallest absolute Gasteiger partial charge is 0.325 e. The minimum atomic E-state index is -1.14. The number of aromatic nitrogens is 1. The van der Waals surface area contributed by atoms with Gasteiger partial charge in [-0.15, -0.1) is 0 Å². The van der Waals surface area contributed by atoms with Gasteiger partial charge in [-0.2, -0.15) is 0 Å². The average molecular weight is 408 g/mol. The summed E-state index contributed by atoms with van der Waals surface area (Å²) < 4.78 is 2.10. The van der Waals surface area contributed by atoms with Crippen LogP contribution in [0.15, 0.2) is 24.3 Å². The van der Waals surface area contributed by atoms with Crippen LogP contribution in [0, 0.1) is 13.8 Å². The maximum absolute atomic E-state index is 13.2. The van der Waals surface area contributed by atoms with E-state index in [1.54, 1.807) is 6.92 Å². The van der Waals surface area contributed by atoms with Crippen molar-refractivity contribution in [1.29, 1.82) is 0 Å². The molecule has 6 heteroatoms. The van der Waals surface area contributed by atoms with Crippen molar-refractivity contribution in [1.82, 2.24) is 14.8 Å². The van der Waals surface area contributed by atoms with E-state index in [4.69, 9.17) is 0 Å². The SMILES string of the molecule is CCCn1c(C)cc(C(=O)CN2C(=O)NC(C)(c3ccc4c(c3)CCC4)C2=O)c1C. The summed E-state index contributed by atoms with van der Waals surface area (Å²) in [4.78, 5) is 40.0. The zero-order chi connectivity index (χ0) is 21.6. The first-order chi connectivity index (χ1) is 14.3. The highest BCUT2D eigenvalue weighted by Crippen LogP contribution is 2.32. The van der Waals surface area contributed by atoms with Crippen LogP contribution in [-0.4, -0.2) is 33.7 Å². The number of hydrogen-bond donors (Lipinski definition) is 1. The van der Waals surface area contributed by atoms with E-state index >= 15 is 0 Å². The number of carbonyl (C=O) groups excluding carboxylic acids is 3. The standard InChI is InChI=1S/C24H29N3O3/c1-5-11-26-15(2)12-20(16(26)3)21(28)14-27-22(29)24(4,25-23(27)30)19-10-9-17-7-6-8-18(17)13-19/h9-10,12-13H,5-8,11,14H2,1-4H3,(H,25,30). The Bertz CT molecular complexity index is 1050. The number of carbonyl (C=O) groups is 3. The van der Waals surface area contributed by atoms with Crippen molar-refractivity contribution in [3.63, 3.8) is 0 Å². The molecule has 30 heavy (non-hydrogen) atoms. The predicted molar refractivity (Wildman–Crippen MR) is 115 cm³/mol. The number of amides is 3. The second-order valence-electron chi connectivity index (χ2n) is 8.64. The second-order valence-corrected chi connectivity index (χ2v) is 8.64. The molecule has 0 radical (unpaired) electrons. The van der Waals surface area contributed by atoms with Crippen molar-refractivity contribution in [3.05, 3.63) is 57.9 Å². The van der Waals surface area contributed by atoms with E-state index in [1.165, 1.54) is 11.1 Å². The molecule has 1 aromatic heterocycles. The minimum Gasteiger partial charge on any atom is -0.348 e. The number of Topliss-reactive ketones (excluding diaryl/α,β-unsaturated/α-hetero) is 1. The summed E-state index contributed by atoms with van der Waals surface area (Å²) in [7, 11) is 0. The minimum absolute atomic E-state index is 0.216. The topological polar surface area (TPSA) is 71.4 Å². The lowest BCUT2D eigenvalue weighted by Gasteiger charge is -2.23. The quantitative estimate of drug-likeness (QED) is 0.587. The van der Waals surface area contributed by atoms with Gasteiger partial charge in [0.05, 0.1) is 6.54 Å². The molecular weight excluding hydrogens is 378 g/mol. The summed E-state index contributed by atoms with van der Waals surface area (Å²) >= 11 is 0. The number of benzene rings is 1. The molecule has 2 aliphatic rings. The molecule has 1 aliphatic heterocycles. The van der Waals surface area contributed by atoms with Crippen molar-refractivity contribution in [2.75, 3.05) is 6.54 Å². The molecule has 0 saturated carbocycles. The lowest BCUT2D eigenvalue weighted by atomic mass is 9.89. The summed E-state index contributed by atoms with van der Waals surface area (Å²) in [5.41, 5.74) is 4.66. The normalized spacial score (nSPS) is 20.6. The van der Waals surface area contributed by atoms with Crippen LogP contribution in [-0.2, 0) is 29.7 Å². The molecule has 1 N–H and O–H groups in total. The Morgan fingerprint density at radius 1 is 1.13 bits per heavy atom. The largest absolute Gasteiger partial charge is 0.348 e. The van der Waals surface area contributed by atoms with Crippen molar-refractivity contribution < 1.29 is 14.4 Å². The van der Waals surface area contributed by atoms with E-state index in [1.807, 2.05) is 32.0 Å². The van der Waals surface area contributed by atoms with E-state index < -0.39 is 11.6 Å². The highest BCUT2D eigenvalue weighted by atomic mass is 16.2. The Morgan fingerprint density at radius 2 is 1.87 bits per heavy atom. The van der Waals surface area contributed by atoms with Gasteiger partial charge in [-0.05, 0) is 69.2 Å². The van der Waals surface area contributed by atoms with Crippen molar-refractivity contribution in [2.24, 2.45) is 0 Å². The summed E-state index contributed by atoms with van der Waals surface area (Å²) in [5.74, 6) is -0.590. The van der Waals surface area contributed by atoms with E-state index in [2.05, 4.69) is 22.9 Å². The fourth-order valence-corrected chi connectivity index (χ4v) is 4.80. The lowest BCUT2D eigenvalue weighted by molar-refractivity contribution is -0.130. The number of rotatable bonds is 6. The van der Waals surface area contributed by atoms with Gasteiger partial charge in [0.2, 0.25) is 0 Å². The third-order valence-corrected chi connectivity index (χ3v) is 6.57. The molecule has 1 saturated heterocycles. The van der Waals surface area contributed by atoms with Crippen LogP contribution in [0.2, 0.25) is 0 Å². The molecule has 0 bridgehead atoms. The van der Waals surface area contributed by atoms with Gasteiger partial charge < -0.3 is 9.88 Å². The molecule has 1 atom stereocenters. The third kappa shape index (κ3) is 3.15. The number of imide groups is 1. The molecular formula is C24H29N3O3. The van der Waals surface area contributed by atoms with E-state index in [9.17, 15) is 14.4 Å². The molecule has 1 unspecified atom stereocenters. The molecule has 2 heterocycles. The maximum Gasteiger partial charge on any atom is 0.325 e. The Morgan fingerprint density at radius 3 is 2.60 bits per heavy atom. The number of urea groups is 1. The van der Waals surface area contributed by atoms with Crippen molar-refractivity contribution >= 4 is 17.7 Å². The Labute approximate surface area is 177 Å². The zero-order valence-corrected chi connectivity index (χ0v) is 18.2. The van der Waals surface area contributed by atoms with Crippen LogP contribution in [0.3, 0.4) is 0 Å². The predicted octanol–water partition coefficient (Wildman–Crippen LogP) is 3.65. The Hall–Kier alpha value is -2.89. The number of nitrogens with zero attached hydrogens (tertiary/aromatic N) is 2. The van der Waals surface area contributed by atoms with E-state index in [0.717, 1.165) is 54.1 Å². The van der Waals surface area contributed by atoms with E-state index in [0.29, 0.717) is 5.56 Å². The van der Waals surface area contributed by atoms with Gasteiger partial charge in [0, 0.05) is 23.5 Å². The highest BCUT2D eigenvalue weighted by Gasteiger charge is 2.49. The van der Waals surface area contributed by atoms with Gasteiger partial charge in [-0.1, -0.05) is 25.1 Å². The number of fused-ring (bicyclic) bond motifs is 1. The molecule has 1 aromatic carbocycles. The van der Waals surface area contributed by atoms with Crippen LogP contribution in [0.5, 0.6) is 0 Å². The third-order valence-electron chi connectivity index (χ3n) is 6.57. The Balaban J connectivity index is 1.58. The first-order valence-corrected chi connectivity index (χ1v) is 10.7. The van der Waals surface area contributed by atoms with Crippen LogP contribution in [0.1, 0.15) is 65.1 Å². The summed E-state index contributed by atoms with van der Waals surface area (Å²) in [5, 5.41) is 2.83. The molecule has 158 valence electrons. The van der Waals surface area contributed by atoms with Crippen LogP contribution in [0.4, 0.5) is 4.79 Å². The number of hydrogen-bond acceptors (Lipinski definition) is 3. The van der Waals surface area contributed by atoms with E-state index in [-0.39, 0.29) is 18.2 Å². The van der Waals surface area contributed by atoms with Crippen molar-refractivity contribution in [3.8, 4) is 0 Å². The molecule has 6 nitrogen and oxygen atoms in total. The van der Waals surface area contributed by atoms with Crippen molar-refractivity contribution in [2.45, 2.75) is 65.5 Å². The molecule has 0 spiro atoms. The van der Waals surface area contributed by atoms with Gasteiger partial charge in [0.25, 0.3) is 5.91 Å². The van der Waals surface area contributed by atoms with Crippen LogP contribution in [0.25, 0.3) is 0 Å². The summed E-state index contributed by atoms with van der Waals surface area (Å²) in [6.45, 7) is 8.29. The monoisotopic (exact) mass is 407 g/mol. The summed E-state index contributed by atoms with van der Waals surface area (Å²) in [6.07, 6.45) is 4.14. The zero-order valence-electron chi connectivity index (χ0n) is 18.2. The molecule has 4 rings (SSSR count). The second kappa shape index (κ2) is 7.42. The van der Waals surface area contributed by atoms with Gasteiger partial charge in [-0.25, -0.2) is 4.79 Å². The molecule has 2 aromatic rings. The Kier molecular flexibility index (Phi) is 5.04. The fraction of sp³-hybridized carbons (Fsp3) is 0.458. The summed E-state index contributed by atoms with van der Waals surface area (Å²) in [6, 6.07) is 7.35. The number of aryl methyl sites for hydroxylation is 3. The number of ketones is 1. The first-order valence-electron chi connectivity index (χ1n) is 10.7. The fourth-order valence-electron chi connectivity index (χ4n) is 4.80. The highest BCUT2D eigenvalue weighted by molar-refractivity contribution is 6.11. The van der Waals surface area contributed by atoms with Gasteiger partial charge >= 0.3 is 6.03 Å². The van der Waals surface area contributed by atoms with Gasteiger partial charge in [-0.3, -0.25) is 14.5 Å². The molecule has 1 fully saturated rings. The van der Waals surface area contributed by atoms with Crippen LogP contribution < -0.4 is 5.32 Å². The molecule has 3 amide bonds. The average Bonchev–Trinajstić information content (AvgIpc) is 3.35. The first kappa shape index (κ1) is 20.4. The lowest BCUT2D eigenvalue weighted by Crippen LogP contribution is -2.41. The number of nitrogens with one attached hydrogen (secondary N) is 1. The van der Waals surface area contributed by atoms with Gasteiger partial charge in [0.15, 0.2) is 5.78 Å². The van der Waals surface area contributed by atoms with Gasteiger partial charge in [0.1, 0.15) is 5.54 Å². The molecule has 1 aliphatic carbocycles. The maximum atomic E-state index is 13.2. The van der Waals surface area contributed by atoms with Crippen LogP contribution >= 0.6 is 0 Å².